The molecule has 19 nitrogen and oxygen atoms in total. The lowest BCUT2D eigenvalue weighted by atomic mass is 10.3. The van der Waals surface area contributed by atoms with E-state index in [1.807, 2.05) is 0 Å². The molecule has 0 atom stereocenters. The van der Waals surface area contributed by atoms with Crippen LogP contribution in [0.5, 0.6) is 0 Å². The molecule has 0 aromatic carbocycles. The third-order valence-corrected chi connectivity index (χ3v) is 5.85. The van der Waals surface area contributed by atoms with Crippen LogP contribution in [0, 0.1) is 0 Å². The average Bonchev–Trinajstić information content (AvgIpc) is 2.93. The van der Waals surface area contributed by atoms with Gasteiger partial charge in [0.25, 0.3) is 0 Å². The summed E-state index contributed by atoms with van der Waals surface area (Å²) in [5.41, 5.74) is 5.24. The summed E-state index contributed by atoms with van der Waals surface area (Å²) in [5, 5.41) is 13.0. The van der Waals surface area contributed by atoms with Gasteiger partial charge in [0.15, 0.2) is 0 Å². The molecule has 5 N–H and O–H groups in total. The van der Waals surface area contributed by atoms with Gasteiger partial charge in [0.05, 0.1) is 52.4 Å². The van der Waals surface area contributed by atoms with Gasteiger partial charge in [-0.25, -0.2) is 0 Å². The van der Waals surface area contributed by atoms with Gasteiger partial charge in [-0.05, 0) is 0 Å². The highest BCUT2D eigenvalue weighted by Crippen LogP contribution is 1.96. The topological polar surface area (TPSA) is 243 Å². The Hall–Kier alpha value is -4.81. The Morgan fingerprint density at radius 3 is 1.07 bits per heavy atom. The number of likely N-dealkylation sites (N-methyl/N-ethyl adjacent to an activating group) is 6. The van der Waals surface area contributed by atoms with Gasteiger partial charge in [0.1, 0.15) is 6.54 Å². The van der Waals surface area contributed by atoms with E-state index >= 15 is 0 Å². The van der Waals surface area contributed by atoms with E-state index in [2.05, 4.69) is 10.6 Å². The van der Waals surface area contributed by atoms with Crippen LogP contribution in [0.3, 0.4) is 0 Å². The summed E-state index contributed by atoms with van der Waals surface area (Å²) in [5.74, 6) is -6.00. The molecule has 0 aromatic heterocycles. The molecule has 0 saturated carbocycles. The normalized spacial score (nSPS) is 10.1. The quantitative estimate of drug-likeness (QED) is 0.120. The van der Waals surface area contributed by atoms with Crippen molar-refractivity contribution >= 4 is 53.2 Å². The minimum absolute atomic E-state index is 0.267. The van der Waals surface area contributed by atoms with E-state index in [4.69, 9.17) is 10.8 Å². The Morgan fingerprint density at radius 1 is 0.465 bits per heavy atom. The SMILES string of the molecule is CN(CC(=O)NCC(=O)N(C)CC(=O)N(C)CC(=O)N(C)CC(=O)NCC(=O)O)C(=O)CN(C)C(=O)CN(C)C(=O)CN. The molecule has 0 radical (unpaired) electrons. The summed E-state index contributed by atoms with van der Waals surface area (Å²) in [4.78, 5) is 114. The number of hydrogen-bond acceptors (Lipinski definition) is 10. The zero-order chi connectivity index (χ0) is 33.4. The molecule has 8 amide bonds. The predicted molar refractivity (Wildman–Crippen MR) is 149 cm³/mol. The van der Waals surface area contributed by atoms with Crippen molar-refractivity contribution in [2.24, 2.45) is 5.73 Å². The molecule has 0 fully saturated rings. The number of carbonyl (C=O) groups is 9. The lowest BCUT2D eigenvalue weighted by Gasteiger charge is -2.25. The summed E-state index contributed by atoms with van der Waals surface area (Å²) in [7, 11) is 8.00. The van der Waals surface area contributed by atoms with Crippen molar-refractivity contribution in [3.8, 4) is 0 Å². The lowest BCUT2D eigenvalue weighted by Crippen LogP contribution is -2.48. The van der Waals surface area contributed by atoms with Crippen LogP contribution >= 0.6 is 0 Å². The Balaban J connectivity index is 4.60. The lowest BCUT2D eigenvalue weighted by molar-refractivity contribution is -0.143. The van der Waals surface area contributed by atoms with E-state index in [1.54, 1.807) is 0 Å². The van der Waals surface area contributed by atoms with Gasteiger partial charge in [-0.1, -0.05) is 0 Å². The Bertz CT molecular complexity index is 1080. The van der Waals surface area contributed by atoms with Gasteiger partial charge >= 0.3 is 5.97 Å². The van der Waals surface area contributed by atoms with E-state index < -0.39 is 92.5 Å². The van der Waals surface area contributed by atoms with Crippen molar-refractivity contribution < 1.29 is 48.3 Å². The number of nitrogens with one attached hydrogen (secondary N) is 2. The number of carboxylic acids is 1. The number of nitrogens with two attached hydrogens (primary N) is 1. The highest BCUT2D eigenvalue weighted by molar-refractivity contribution is 5.93. The molecule has 43 heavy (non-hydrogen) atoms. The number of aliphatic carboxylic acids is 1. The van der Waals surface area contributed by atoms with Crippen LogP contribution < -0.4 is 16.4 Å². The largest absolute Gasteiger partial charge is 0.480 e. The van der Waals surface area contributed by atoms with Gasteiger partial charge in [0, 0.05) is 42.3 Å². The maximum Gasteiger partial charge on any atom is 0.322 e. The molecule has 19 heteroatoms. The Kier molecular flexibility index (Phi) is 16.5. The van der Waals surface area contributed by atoms with Crippen LogP contribution in [0.15, 0.2) is 0 Å². The second-order valence-electron chi connectivity index (χ2n) is 9.65. The highest BCUT2D eigenvalue weighted by Gasteiger charge is 2.23. The molecule has 0 spiro atoms. The number of rotatable bonds is 17. The van der Waals surface area contributed by atoms with Crippen molar-refractivity contribution in [3.63, 3.8) is 0 Å². The number of hydrogen-bond donors (Lipinski definition) is 4. The van der Waals surface area contributed by atoms with E-state index in [0.29, 0.717) is 0 Å². The van der Waals surface area contributed by atoms with E-state index in [0.717, 1.165) is 29.4 Å². The van der Waals surface area contributed by atoms with Gasteiger partial charge in [-0.3, -0.25) is 43.2 Å². The zero-order valence-corrected chi connectivity index (χ0v) is 25.2. The second-order valence-corrected chi connectivity index (χ2v) is 9.65. The zero-order valence-electron chi connectivity index (χ0n) is 25.2. The number of carbonyl (C=O) groups excluding carboxylic acids is 8. The molecule has 0 aliphatic rings. The molecule has 0 aromatic rings. The van der Waals surface area contributed by atoms with Crippen LogP contribution in [0.2, 0.25) is 0 Å². The average molecular weight is 616 g/mol. The molecule has 0 heterocycles. The third-order valence-electron chi connectivity index (χ3n) is 5.85. The van der Waals surface area contributed by atoms with Crippen LogP contribution in [0.1, 0.15) is 0 Å². The fourth-order valence-electron chi connectivity index (χ4n) is 3.01. The minimum atomic E-state index is -1.24. The molecule has 0 aliphatic carbocycles. The van der Waals surface area contributed by atoms with Crippen molar-refractivity contribution in [3.05, 3.63) is 0 Å². The Morgan fingerprint density at radius 2 is 0.744 bits per heavy atom. The van der Waals surface area contributed by atoms with Crippen LogP contribution in [-0.4, -0.2) is 189 Å². The molecule has 0 rings (SSSR count). The molecule has 242 valence electrons. The first-order chi connectivity index (χ1) is 19.9. The van der Waals surface area contributed by atoms with Crippen LogP contribution in [0.4, 0.5) is 0 Å². The van der Waals surface area contributed by atoms with E-state index in [1.165, 1.54) is 42.3 Å². The number of nitrogens with zero attached hydrogens (tertiary/aromatic N) is 6. The molecule has 0 saturated heterocycles. The second kappa shape index (κ2) is 18.6. The third kappa shape index (κ3) is 15.1. The van der Waals surface area contributed by atoms with E-state index in [9.17, 15) is 43.2 Å². The van der Waals surface area contributed by atoms with Gasteiger partial charge in [0.2, 0.25) is 47.3 Å². The van der Waals surface area contributed by atoms with Crippen LogP contribution in [-0.2, 0) is 43.2 Å². The number of amides is 8. The summed E-state index contributed by atoms with van der Waals surface area (Å²) in [6.45, 7) is -3.67. The summed E-state index contributed by atoms with van der Waals surface area (Å²) in [6.07, 6.45) is 0. The summed E-state index contributed by atoms with van der Waals surface area (Å²) in [6, 6.07) is 0. The molecule has 0 bridgehead atoms. The van der Waals surface area contributed by atoms with Crippen molar-refractivity contribution in [2.75, 3.05) is 101 Å². The minimum Gasteiger partial charge on any atom is -0.480 e. The van der Waals surface area contributed by atoms with Crippen molar-refractivity contribution in [1.29, 1.82) is 0 Å². The van der Waals surface area contributed by atoms with Crippen LogP contribution in [0.25, 0.3) is 0 Å². The molecule has 0 aliphatic heterocycles. The van der Waals surface area contributed by atoms with Crippen molar-refractivity contribution in [2.45, 2.75) is 0 Å². The highest BCUT2D eigenvalue weighted by atomic mass is 16.4. The summed E-state index contributed by atoms with van der Waals surface area (Å²) >= 11 is 0. The molecule has 0 unspecified atom stereocenters. The smallest absolute Gasteiger partial charge is 0.322 e. The monoisotopic (exact) mass is 615 g/mol. The van der Waals surface area contributed by atoms with E-state index in [-0.39, 0.29) is 19.6 Å². The van der Waals surface area contributed by atoms with Gasteiger partial charge in [-0.2, -0.15) is 0 Å². The molecular formula is C24H41N9O10. The fourth-order valence-corrected chi connectivity index (χ4v) is 3.01. The first-order valence-electron chi connectivity index (χ1n) is 12.8. The maximum atomic E-state index is 12.5. The predicted octanol–water partition coefficient (Wildman–Crippen LogP) is -5.99. The molecular weight excluding hydrogens is 574 g/mol. The Labute approximate surface area is 248 Å². The fraction of sp³-hybridized carbons (Fsp3) is 0.625. The van der Waals surface area contributed by atoms with Gasteiger partial charge < -0.3 is 50.9 Å². The maximum absolute atomic E-state index is 12.5. The number of carboxylic acid groups (broad SMARTS) is 1. The first-order valence-corrected chi connectivity index (χ1v) is 12.8. The first kappa shape index (κ1) is 38.2. The van der Waals surface area contributed by atoms with Gasteiger partial charge in [-0.15, -0.1) is 0 Å². The summed E-state index contributed by atoms with van der Waals surface area (Å²) < 4.78 is 0. The van der Waals surface area contributed by atoms with Crippen molar-refractivity contribution in [1.82, 2.24) is 40.0 Å². The standard InChI is InChI=1S/C24H41N9O10/c1-28(20(38)14-32(5)22(40)12-30(3)18(36)7-25)10-16(34)26-8-19(37)31(4)13-23(41)33(6)15-21(39)29(2)11-17(35)27-9-24(42)43/h7-15,25H2,1-6H3,(H,26,34)(H,27,35)(H,42,43).